The molecule has 1 aromatic carbocycles. The Labute approximate surface area is 86.9 Å². The van der Waals surface area contributed by atoms with E-state index in [1.54, 1.807) is 27.7 Å². The highest BCUT2D eigenvalue weighted by atomic mass is 19.4. The van der Waals surface area contributed by atoms with Crippen LogP contribution in [0.1, 0.15) is 22.3 Å². The van der Waals surface area contributed by atoms with Crippen molar-refractivity contribution in [3.8, 4) is 5.75 Å². The molecule has 15 heavy (non-hydrogen) atoms. The van der Waals surface area contributed by atoms with Crippen LogP contribution in [-0.2, 0) is 0 Å². The van der Waals surface area contributed by atoms with E-state index in [0.717, 1.165) is 11.1 Å². The molecule has 0 atom stereocenters. The topological polar surface area (TPSA) is 9.23 Å². The highest BCUT2D eigenvalue weighted by molar-refractivity contribution is 5.48. The molecule has 0 saturated heterocycles. The Kier molecular flexibility index (Phi) is 2.98. The Morgan fingerprint density at radius 2 is 1.33 bits per heavy atom. The van der Waals surface area contributed by atoms with E-state index in [4.69, 9.17) is 0 Å². The summed E-state index contributed by atoms with van der Waals surface area (Å²) < 4.78 is 40.5. The third-order valence-electron chi connectivity index (χ3n) is 2.52. The SMILES string of the molecule is Cc1cc(C)c(C)c(OC(F)(F)F)c1C. The van der Waals surface area contributed by atoms with Crippen molar-refractivity contribution in [1.82, 2.24) is 0 Å². The van der Waals surface area contributed by atoms with Crippen molar-refractivity contribution in [3.63, 3.8) is 0 Å². The van der Waals surface area contributed by atoms with Crippen molar-refractivity contribution >= 4 is 0 Å². The van der Waals surface area contributed by atoms with Crippen LogP contribution in [-0.4, -0.2) is 6.36 Å². The third-order valence-corrected chi connectivity index (χ3v) is 2.52. The molecule has 0 aliphatic heterocycles. The van der Waals surface area contributed by atoms with Gasteiger partial charge < -0.3 is 4.74 Å². The quantitative estimate of drug-likeness (QED) is 0.696. The van der Waals surface area contributed by atoms with Crippen LogP contribution in [0.25, 0.3) is 0 Å². The first-order valence-corrected chi connectivity index (χ1v) is 4.55. The van der Waals surface area contributed by atoms with Crippen molar-refractivity contribution in [2.75, 3.05) is 0 Å². The molecule has 0 aromatic heterocycles. The van der Waals surface area contributed by atoms with Gasteiger partial charge in [-0.25, -0.2) is 0 Å². The van der Waals surface area contributed by atoms with Crippen LogP contribution in [0.5, 0.6) is 5.75 Å². The van der Waals surface area contributed by atoms with Gasteiger partial charge in [0.2, 0.25) is 0 Å². The minimum absolute atomic E-state index is 0.0694. The fourth-order valence-corrected chi connectivity index (χ4v) is 1.45. The minimum atomic E-state index is -4.63. The summed E-state index contributed by atoms with van der Waals surface area (Å²) in [4.78, 5) is 0. The largest absolute Gasteiger partial charge is 0.573 e. The Morgan fingerprint density at radius 1 is 0.933 bits per heavy atom. The van der Waals surface area contributed by atoms with Crippen LogP contribution in [0, 0.1) is 27.7 Å². The van der Waals surface area contributed by atoms with Crippen molar-refractivity contribution in [3.05, 3.63) is 28.3 Å². The van der Waals surface area contributed by atoms with Gasteiger partial charge in [-0.1, -0.05) is 6.07 Å². The number of rotatable bonds is 1. The van der Waals surface area contributed by atoms with Gasteiger partial charge in [0, 0.05) is 0 Å². The second-order valence-electron chi connectivity index (χ2n) is 3.64. The fraction of sp³-hybridized carbons (Fsp3) is 0.455. The van der Waals surface area contributed by atoms with Gasteiger partial charge in [0.1, 0.15) is 5.75 Å². The Balaban J connectivity index is 3.27. The molecule has 84 valence electrons. The third kappa shape index (κ3) is 2.64. The Bertz CT molecular complexity index is 354. The average molecular weight is 218 g/mol. The summed E-state index contributed by atoms with van der Waals surface area (Å²) >= 11 is 0. The monoisotopic (exact) mass is 218 g/mol. The zero-order valence-corrected chi connectivity index (χ0v) is 9.12. The van der Waals surface area contributed by atoms with Gasteiger partial charge in [0.05, 0.1) is 0 Å². The van der Waals surface area contributed by atoms with Crippen LogP contribution >= 0.6 is 0 Å². The van der Waals surface area contributed by atoms with E-state index in [1.165, 1.54) is 0 Å². The van der Waals surface area contributed by atoms with Gasteiger partial charge in [0.25, 0.3) is 0 Å². The molecular formula is C11H13F3O. The molecule has 0 heterocycles. The highest BCUT2D eigenvalue weighted by Gasteiger charge is 2.32. The lowest BCUT2D eigenvalue weighted by Crippen LogP contribution is -2.19. The summed E-state index contributed by atoms with van der Waals surface area (Å²) in [6.07, 6.45) is -4.63. The van der Waals surface area contributed by atoms with Gasteiger partial charge in [-0.3, -0.25) is 0 Å². The van der Waals surface area contributed by atoms with Crippen molar-refractivity contribution in [1.29, 1.82) is 0 Å². The lowest BCUT2D eigenvalue weighted by atomic mass is 10.0. The summed E-state index contributed by atoms with van der Waals surface area (Å²) in [5, 5.41) is 0. The molecule has 0 fully saturated rings. The maximum absolute atomic E-state index is 12.1. The molecule has 0 saturated carbocycles. The molecule has 4 heteroatoms. The average Bonchev–Trinajstić information content (AvgIpc) is 2.08. The number of benzene rings is 1. The molecular weight excluding hydrogens is 205 g/mol. The number of hydrogen-bond acceptors (Lipinski definition) is 1. The van der Waals surface area contributed by atoms with E-state index in [9.17, 15) is 13.2 Å². The zero-order chi connectivity index (χ0) is 11.8. The second-order valence-corrected chi connectivity index (χ2v) is 3.64. The molecule has 0 bridgehead atoms. The zero-order valence-electron chi connectivity index (χ0n) is 9.12. The van der Waals surface area contributed by atoms with Gasteiger partial charge in [-0.05, 0) is 49.9 Å². The molecule has 0 amide bonds. The van der Waals surface area contributed by atoms with E-state index < -0.39 is 6.36 Å². The number of hydrogen-bond donors (Lipinski definition) is 0. The Morgan fingerprint density at radius 3 is 1.67 bits per heavy atom. The molecule has 0 unspecified atom stereocenters. The van der Waals surface area contributed by atoms with Crippen LogP contribution < -0.4 is 4.74 Å². The standard InChI is InChI=1S/C11H13F3O/c1-6-5-7(2)9(4)10(8(6)3)15-11(12,13)14/h5H,1-4H3. The van der Waals surface area contributed by atoms with Crippen molar-refractivity contribution < 1.29 is 17.9 Å². The molecule has 0 aliphatic carbocycles. The van der Waals surface area contributed by atoms with E-state index >= 15 is 0 Å². The first-order chi connectivity index (χ1) is 6.72. The maximum Gasteiger partial charge on any atom is 0.573 e. The maximum atomic E-state index is 12.1. The predicted molar refractivity (Wildman–Crippen MR) is 52.1 cm³/mol. The van der Waals surface area contributed by atoms with Crippen LogP contribution in [0.15, 0.2) is 6.07 Å². The van der Waals surface area contributed by atoms with Crippen LogP contribution in [0.3, 0.4) is 0 Å². The van der Waals surface area contributed by atoms with E-state index in [1.807, 2.05) is 6.07 Å². The first-order valence-electron chi connectivity index (χ1n) is 4.55. The Hall–Kier alpha value is -1.19. The lowest BCUT2D eigenvalue weighted by Gasteiger charge is -2.17. The molecule has 0 aliphatic rings. The van der Waals surface area contributed by atoms with Crippen LogP contribution in [0.4, 0.5) is 13.2 Å². The van der Waals surface area contributed by atoms with Gasteiger partial charge in [0.15, 0.2) is 0 Å². The van der Waals surface area contributed by atoms with Crippen molar-refractivity contribution in [2.45, 2.75) is 34.1 Å². The summed E-state index contributed by atoms with van der Waals surface area (Å²) in [5.41, 5.74) is 2.68. The predicted octanol–water partition coefficient (Wildman–Crippen LogP) is 3.82. The summed E-state index contributed by atoms with van der Waals surface area (Å²) in [5.74, 6) is -0.0694. The minimum Gasteiger partial charge on any atom is -0.405 e. The highest BCUT2D eigenvalue weighted by Crippen LogP contribution is 2.33. The summed E-state index contributed by atoms with van der Waals surface area (Å²) in [6.45, 7) is 6.79. The first kappa shape index (κ1) is 11.9. The van der Waals surface area contributed by atoms with Crippen molar-refractivity contribution in [2.24, 2.45) is 0 Å². The fourth-order valence-electron chi connectivity index (χ4n) is 1.45. The number of alkyl halides is 3. The second kappa shape index (κ2) is 3.76. The summed E-state index contributed by atoms with van der Waals surface area (Å²) in [7, 11) is 0. The van der Waals surface area contributed by atoms with E-state index in [0.29, 0.717) is 11.1 Å². The van der Waals surface area contributed by atoms with E-state index in [-0.39, 0.29) is 5.75 Å². The summed E-state index contributed by atoms with van der Waals surface area (Å²) in [6, 6.07) is 1.86. The number of halogens is 3. The molecule has 1 aromatic rings. The number of ether oxygens (including phenoxy) is 1. The van der Waals surface area contributed by atoms with Gasteiger partial charge in [-0.15, -0.1) is 13.2 Å². The molecule has 0 radical (unpaired) electrons. The molecule has 1 rings (SSSR count). The normalized spacial score (nSPS) is 11.7. The van der Waals surface area contributed by atoms with Gasteiger partial charge in [-0.2, -0.15) is 0 Å². The van der Waals surface area contributed by atoms with E-state index in [2.05, 4.69) is 4.74 Å². The smallest absolute Gasteiger partial charge is 0.405 e. The van der Waals surface area contributed by atoms with Crippen LogP contribution in [0.2, 0.25) is 0 Å². The molecule has 0 N–H and O–H groups in total. The van der Waals surface area contributed by atoms with Gasteiger partial charge >= 0.3 is 6.36 Å². The number of aryl methyl sites for hydroxylation is 2. The lowest BCUT2D eigenvalue weighted by molar-refractivity contribution is -0.275. The molecule has 0 spiro atoms. The molecule has 1 nitrogen and oxygen atoms in total.